The van der Waals surface area contributed by atoms with Gasteiger partial charge in [-0.2, -0.15) is 0 Å². The quantitative estimate of drug-likeness (QED) is 0.394. The molecule has 0 saturated carbocycles. The molecule has 0 radical (unpaired) electrons. The summed E-state index contributed by atoms with van der Waals surface area (Å²) in [4.78, 5) is 29.8. The van der Waals surface area contributed by atoms with Crippen LogP contribution in [0, 0.1) is 5.82 Å². The summed E-state index contributed by atoms with van der Waals surface area (Å²) in [6, 6.07) is 11.5. The summed E-state index contributed by atoms with van der Waals surface area (Å²) in [5.74, 6) is -1.61. The molecular weight excluding hydrogens is 427 g/mol. The van der Waals surface area contributed by atoms with E-state index >= 15 is 0 Å². The van der Waals surface area contributed by atoms with Crippen LogP contribution in [0.1, 0.15) is 23.6 Å². The van der Waals surface area contributed by atoms with Crippen LogP contribution in [0.2, 0.25) is 0 Å². The number of likely N-dealkylation sites (tertiary alicyclic amines) is 1. The standard InChI is InChI=1S/C25H27FN2O5/c1-32-20-5-2-4-18(16-20)23(29)21-22(17-6-8-19(26)9-7-17)28(25(31)24(21)30)11-3-10-27-12-14-33-15-13-27/h2,4-9,16,22,29H,3,10-15H2,1H3/t22-/m1/s1. The minimum atomic E-state index is -0.804. The Kier molecular flexibility index (Phi) is 7.05. The molecule has 2 aromatic rings. The van der Waals surface area contributed by atoms with Crippen molar-refractivity contribution in [2.75, 3.05) is 46.5 Å². The van der Waals surface area contributed by atoms with Gasteiger partial charge in [0.25, 0.3) is 11.7 Å². The number of Topliss-reactive ketones (excluding diaryl/α,β-unsaturated/α-hetero) is 1. The van der Waals surface area contributed by atoms with E-state index in [0.717, 1.165) is 19.6 Å². The van der Waals surface area contributed by atoms with Gasteiger partial charge in [0.05, 0.1) is 31.9 Å². The fourth-order valence-corrected chi connectivity index (χ4v) is 4.32. The van der Waals surface area contributed by atoms with Crippen LogP contribution >= 0.6 is 0 Å². The Bertz CT molecular complexity index is 1050. The molecule has 1 N–H and O–H groups in total. The molecule has 2 fully saturated rings. The summed E-state index contributed by atoms with van der Waals surface area (Å²) in [6.45, 7) is 4.12. The number of halogens is 1. The van der Waals surface area contributed by atoms with Crippen LogP contribution in [-0.4, -0.2) is 73.1 Å². The Labute approximate surface area is 192 Å². The molecule has 8 heteroatoms. The van der Waals surface area contributed by atoms with Gasteiger partial charge >= 0.3 is 0 Å². The van der Waals surface area contributed by atoms with E-state index in [0.29, 0.717) is 43.1 Å². The molecular formula is C25H27FN2O5. The topological polar surface area (TPSA) is 79.3 Å². The van der Waals surface area contributed by atoms with Crippen molar-refractivity contribution in [3.05, 3.63) is 71.0 Å². The molecule has 7 nitrogen and oxygen atoms in total. The zero-order chi connectivity index (χ0) is 23.4. The lowest BCUT2D eigenvalue weighted by molar-refractivity contribution is -0.140. The van der Waals surface area contributed by atoms with Crippen molar-refractivity contribution < 1.29 is 28.6 Å². The van der Waals surface area contributed by atoms with Crippen LogP contribution in [0.4, 0.5) is 4.39 Å². The van der Waals surface area contributed by atoms with Crippen LogP contribution in [0.15, 0.2) is 54.1 Å². The monoisotopic (exact) mass is 454 g/mol. The van der Waals surface area contributed by atoms with Gasteiger partial charge in [0.15, 0.2) is 0 Å². The van der Waals surface area contributed by atoms with E-state index in [1.807, 2.05) is 0 Å². The number of hydrogen-bond donors (Lipinski definition) is 1. The average Bonchev–Trinajstić information content (AvgIpc) is 3.10. The first-order chi connectivity index (χ1) is 16.0. The zero-order valence-corrected chi connectivity index (χ0v) is 18.5. The lowest BCUT2D eigenvalue weighted by atomic mass is 9.95. The lowest BCUT2D eigenvalue weighted by Gasteiger charge is -2.29. The van der Waals surface area contributed by atoms with E-state index in [9.17, 15) is 19.1 Å². The van der Waals surface area contributed by atoms with Gasteiger partial charge in [-0.05, 0) is 36.2 Å². The number of carbonyl (C=O) groups is 2. The van der Waals surface area contributed by atoms with E-state index in [-0.39, 0.29) is 11.3 Å². The molecule has 2 aliphatic heterocycles. The van der Waals surface area contributed by atoms with Crippen LogP contribution in [-0.2, 0) is 14.3 Å². The van der Waals surface area contributed by atoms with Gasteiger partial charge in [0, 0.05) is 31.7 Å². The molecule has 0 unspecified atom stereocenters. The number of methoxy groups -OCH3 is 1. The summed E-state index contributed by atoms with van der Waals surface area (Å²) in [6.07, 6.45) is 0.657. The van der Waals surface area contributed by atoms with Crippen molar-refractivity contribution >= 4 is 17.4 Å². The SMILES string of the molecule is COc1cccc(C(O)=C2C(=O)C(=O)N(CCCN3CCOCC3)[C@@H]2c2ccc(F)cc2)c1. The second-order valence-electron chi connectivity index (χ2n) is 8.08. The second-order valence-corrected chi connectivity index (χ2v) is 8.08. The molecule has 0 aliphatic carbocycles. The summed E-state index contributed by atoms with van der Waals surface area (Å²) < 4.78 is 24.2. The van der Waals surface area contributed by atoms with Crippen molar-refractivity contribution in [2.45, 2.75) is 12.5 Å². The average molecular weight is 454 g/mol. The maximum Gasteiger partial charge on any atom is 0.295 e. The number of benzene rings is 2. The van der Waals surface area contributed by atoms with Crippen molar-refractivity contribution in [3.8, 4) is 5.75 Å². The van der Waals surface area contributed by atoms with Gasteiger partial charge in [-0.3, -0.25) is 14.5 Å². The third kappa shape index (κ3) is 4.91. The van der Waals surface area contributed by atoms with Gasteiger partial charge in [-0.25, -0.2) is 4.39 Å². The molecule has 2 aromatic carbocycles. The maximum absolute atomic E-state index is 13.6. The third-order valence-electron chi connectivity index (χ3n) is 6.05. The van der Waals surface area contributed by atoms with Crippen molar-refractivity contribution in [2.24, 2.45) is 0 Å². The van der Waals surface area contributed by atoms with Gasteiger partial charge < -0.3 is 19.5 Å². The number of aliphatic hydroxyl groups is 1. The van der Waals surface area contributed by atoms with Crippen LogP contribution in [0.5, 0.6) is 5.75 Å². The molecule has 0 bridgehead atoms. The first-order valence-electron chi connectivity index (χ1n) is 11.0. The minimum absolute atomic E-state index is 0.00812. The number of rotatable bonds is 7. The molecule has 0 aromatic heterocycles. The zero-order valence-electron chi connectivity index (χ0n) is 18.5. The van der Waals surface area contributed by atoms with Crippen molar-refractivity contribution in [1.29, 1.82) is 0 Å². The molecule has 2 aliphatic rings. The highest BCUT2D eigenvalue weighted by Crippen LogP contribution is 2.39. The number of ether oxygens (including phenoxy) is 2. The lowest BCUT2D eigenvalue weighted by Crippen LogP contribution is -2.38. The van der Waals surface area contributed by atoms with Gasteiger partial charge in [-0.1, -0.05) is 24.3 Å². The largest absolute Gasteiger partial charge is 0.507 e. The van der Waals surface area contributed by atoms with Crippen LogP contribution < -0.4 is 4.74 Å². The summed E-state index contributed by atoms with van der Waals surface area (Å²) in [5.41, 5.74) is 0.922. The Hall–Kier alpha value is -3.23. The smallest absolute Gasteiger partial charge is 0.295 e. The van der Waals surface area contributed by atoms with Gasteiger partial charge in [-0.15, -0.1) is 0 Å². The Morgan fingerprint density at radius 2 is 1.85 bits per heavy atom. The highest BCUT2D eigenvalue weighted by Gasteiger charge is 2.45. The first kappa shape index (κ1) is 22.9. The number of carbonyl (C=O) groups excluding carboxylic acids is 2. The van der Waals surface area contributed by atoms with E-state index in [1.165, 1.54) is 24.1 Å². The minimum Gasteiger partial charge on any atom is -0.507 e. The maximum atomic E-state index is 13.6. The van der Waals surface area contributed by atoms with Gasteiger partial charge in [0.1, 0.15) is 17.3 Å². The highest BCUT2D eigenvalue weighted by atomic mass is 19.1. The first-order valence-corrected chi connectivity index (χ1v) is 11.0. The Morgan fingerprint density at radius 3 is 2.55 bits per heavy atom. The van der Waals surface area contributed by atoms with Crippen LogP contribution in [0.3, 0.4) is 0 Å². The summed E-state index contributed by atoms with van der Waals surface area (Å²) >= 11 is 0. The number of hydrogen-bond acceptors (Lipinski definition) is 6. The Balaban J connectivity index is 1.67. The molecule has 1 amide bonds. The van der Waals surface area contributed by atoms with E-state index in [4.69, 9.17) is 9.47 Å². The number of ketones is 1. The molecule has 2 heterocycles. The van der Waals surface area contributed by atoms with E-state index in [1.54, 1.807) is 36.4 Å². The normalized spacial score (nSPS) is 20.9. The summed E-state index contributed by atoms with van der Waals surface area (Å²) in [7, 11) is 1.51. The predicted molar refractivity (Wildman–Crippen MR) is 120 cm³/mol. The fourth-order valence-electron chi connectivity index (χ4n) is 4.32. The predicted octanol–water partition coefficient (Wildman–Crippen LogP) is 2.98. The van der Waals surface area contributed by atoms with E-state index in [2.05, 4.69) is 4.90 Å². The molecule has 1 atom stereocenters. The number of amides is 1. The van der Waals surface area contributed by atoms with Gasteiger partial charge in [0.2, 0.25) is 0 Å². The van der Waals surface area contributed by atoms with Crippen LogP contribution in [0.25, 0.3) is 5.76 Å². The van der Waals surface area contributed by atoms with Crippen molar-refractivity contribution in [3.63, 3.8) is 0 Å². The molecule has 2 saturated heterocycles. The molecule has 33 heavy (non-hydrogen) atoms. The van der Waals surface area contributed by atoms with E-state index < -0.39 is 23.5 Å². The number of nitrogens with zero attached hydrogens (tertiary/aromatic N) is 2. The highest BCUT2D eigenvalue weighted by molar-refractivity contribution is 6.46. The fraction of sp³-hybridized carbons (Fsp3) is 0.360. The van der Waals surface area contributed by atoms with Crippen molar-refractivity contribution in [1.82, 2.24) is 9.80 Å². The summed E-state index contributed by atoms with van der Waals surface area (Å²) in [5, 5.41) is 11.1. The number of aliphatic hydroxyl groups excluding tert-OH is 1. The second kappa shape index (κ2) is 10.1. The third-order valence-corrected chi connectivity index (χ3v) is 6.05. The molecule has 4 rings (SSSR count). The Morgan fingerprint density at radius 1 is 1.12 bits per heavy atom. The molecule has 174 valence electrons. The number of morpholine rings is 1. The molecule has 0 spiro atoms.